The van der Waals surface area contributed by atoms with Gasteiger partial charge in [-0.2, -0.15) is 11.8 Å². The molecular formula is C30H42N4O4S3. The van der Waals surface area contributed by atoms with Crippen molar-refractivity contribution in [3.05, 3.63) is 32.0 Å². The van der Waals surface area contributed by atoms with Crippen LogP contribution < -0.4 is 22.1 Å². The van der Waals surface area contributed by atoms with Crippen molar-refractivity contribution < 1.29 is 19.2 Å². The third kappa shape index (κ3) is 7.93. The van der Waals surface area contributed by atoms with Gasteiger partial charge in [0.1, 0.15) is 10.0 Å². The summed E-state index contributed by atoms with van der Waals surface area (Å²) >= 11 is 4.50. The van der Waals surface area contributed by atoms with E-state index in [-0.39, 0.29) is 24.7 Å². The Morgan fingerprint density at radius 2 is 1.17 bits per heavy atom. The van der Waals surface area contributed by atoms with Gasteiger partial charge in [-0.25, -0.2) is 0 Å². The van der Waals surface area contributed by atoms with E-state index in [1.165, 1.54) is 57.0 Å². The molecule has 2 aromatic rings. The zero-order chi connectivity index (χ0) is 29.5. The second-order valence-electron chi connectivity index (χ2n) is 11.1. The molecule has 2 atom stereocenters. The number of primary amides is 2. The average Bonchev–Trinajstić information content (AvgIpc) is 3.45. The number of thioether (sulfide) groups is 1. The van der Waals surface area contributed by atoms with Crippen LogP contribution in [-0.2, 0) is 35.3 Å². The molecule has 0 radical (unpaired) electrons. The third-order valence-electron chi connectivity index (χ3n) is 8.07. The molecule has 224 valence electrons. The molecule has 0 saturated carbocycles. The van der Waals surface area contributed by atoms with E-state index < -0.39 is 11.8 Å². The third-order valence-corrected chi connectivity index (χ3v) is 11.4. The molecule has 0 aromatic carbocycles. The number of carbonyl (C=O) groups is 4. The van der Waals surface area contributed by atoms with Crippen LogP contribution in [0.1, 0.15) is 107 Å². The number of fused-ring (bicyclic) bond motifs is 2. The predicted octanol–water partition coefficient (Wildman–Crippen LogP) is 5.91. The van der Waals surface area contributed by atoms with Crippen LogP contribution in [-0.4, -0.2) is 35.1 Å². The summed E-state index contributed by atoms with van der Waals surface area (Å²) in [6.45, 7) is 4.37. The van der Waals surface area contributed by atoms with E-state index in [4.69, 9.17) is 11.5 Å². The smallest absolute Gasteiger partial charge is 0.251 e. The first-order valence-corrected chi connectivity index (χ1v) is 17.6. The lowest BCUT2D eigenvalue weighted by molar-refractivity contribution is -0.116. The van der Waals surface area contributed by atoms with Crippen LogP contribution >= 0.6 is 34.4 Å². The molecule has 2 aliphatic rings. The van der Waals surface area contributed by atoms with Crippen molar-refractivity contribution in [3.8, 4) is 0 Å². The molecule has 2 heterocycles. The molecule has 0 saturated heterocycles. The molecule has 4 rings (SSSR count). The highest BCUT2D eigenvalue weighted by atomic mass is 32.2. The van der Waals surface area contributed by atoms with Crippen molar-refractivity contribution in [2.75, 3.05) is 22.1 Å². The predicted molar refractivity (Wildman–Crippen MR) is 170 cm³/mol. The van der Waals surface area contributed by atoms with E-state index in [1.807, 2.05) is 0 Å². The topological polar surface area (TPSA) is 144 Å². The maximum atomic E-state index is 12.7. The Balaban J connectivity index is 1.23. The highest BCUT2D eigenvalue weighted by Crippen LogP contribution is 2.42. The Labute approximate surface area is 254 Å². The number of anilines is 2. The summed E-state index contributed by atoms with van der Waals surface area (Å²) in [5, 5.41) is 6.98. The molecule has 2 aromatic heterocycles. The maximum Gasteiger partial charge on any atom is 0.251 e. The van der Waals surface area contributed by atoms with Crippen LogP contribution in [0.5, 0.6) is 0 Å². The van der Waals surface area contributed by atoms with Gasteiger partial charge in [0.15, 0.2) is 0 Å². The first-order valence-electron chi connectivity index (χ1n) is 14.8. The largest absolute Gasteiger partial charge is 0.365 e. The van der Waals surface area contributed by atoms with E-state index >= 15 is 0 Å². The summed E-state index contributed by atoms with van der Waals surface area (Å²) in [5.41, 5.74) is 14.4. The van der Waals surface area contributed by atoms with E-state index in [0.717, 1.165) is 62.5 Å². The summed E-state index contributed by atoms with van der Waals surface area (Å²) < 4.78 is 0. The first-order chi connectivity index (χ1) is 19.7. The molecular weight excluding hydrogens is 577 g/mol. The molecule has 11 heteroatoms. The number of carbonyl (C=O) groups excluding carboxylic acids is 4. The van der Waals surface area contributed by atoms with E-state index in [2.05, 4.69) is 24.5 Å². The Kier molecular flexibility index (Phi) is 11.3. The Hall–Kier alpha value is -2.37. The number of nitrogens with one attached hydrogen (secondary N) is 2. The number of amides is 4. The summed E-state index contributed by atoms with van der Waals surface area (Å²) in [6.07, 6.45) is 10.8. The van der Waals surface area contributed by atoms with Crippen LogP contribution in [0.4, 0.5) is 10.0 Å². The van der Waals surface area contributed by atoms with Gasteiger partial charge >= 0.3 is 0 Å². The number of hydrogen-bond acceptors (Lipinski definition) is 7. The van der Waals surface area contributed by atoms with Gasteiger partial charge in [-0.1, -0.05) is 39.5 Å². The van der Waals surface area contributed by atoms with Crippen LogP contribution in [0.15, 0.2) is 0 Å². The van der Waals surface area contributed by atoms with E-state index in [9.17, 15) is 19.2 Å². The molecule has 0 fully saturated rings. The molecule has 0 spiro atoms. The van der Waals surface area contributed by atoms with Gasteiger partial charge in [0.25, 0.3) is 11.8 Å². The van der Waals surface area contributed by atoms with Crippen LogP contribution in [0.3, 0.4) is 0 Å². The van der Waals surface area contributed by atoms with Crippen LogP contribution in [0, 0.1) is 11.8 Å². The second-order valence-corrected chi connectivity index (χ2v) is 14.6. The lowest BCUT2D eigenvalue weighted by Crippen LogP contribution is -2.20. The highest BCUT2D eigenvalue weighted by molar-refractivity contribution is 7.99. The SMILES string of the molecule is CCC[C@@H]1CCc2c(sc(NC(=O)CCSCCC(=O)Nc3sc4c(c3C(N)=O)CC[C@H](CCC)C4)c2C(N)=O)C1. The van der Waals surface area contributed by atoms with Crippen molar-refractivity contribution in [3.63, 3.8) is 0 Å². The lowest BCUT2D eigenvalue weighted by Gasteiger charge is -2.21. The molecule has 0 bridgehead atoms. The van der Waals surface area contributed by atoms with Gasteiger partial charge < -0.3 is 22.1 Å². The summed E-state index contributed by atoms with van der Waals surface area (Å²) in [6, 6.07) is 0. The number of hydrogen-bond donors (Lipinski definition) is 4. The quantitative estimate of drug-likeness (QED) is 0.195. The van der Waals surface area contributed by atoms with Crippen molar-refractivity contribution >= 4 is 68.1 Å². The maximum absolute atomic E-state index is 12.7. The minimum atomic E-state index is -0.487. The number of rotatable bonds is 14. The van der Waals surface area contributed by atoms with E-state index in [1.54, 1.807) is 0 Å². The highest BCUT2D eigenvalue weighted by Gasteiger charge is 2.29. The summed E-state index contributed by atoms with van der Waals surface area (Å²) in [7, 11) is 0. The molecule has 8 nitrogen and oxygen atoms in total. The zero-order valence-corrected chi connectivity index (χ0v) is 26.5. The van der Waals surface area contributed by atoms with Gasteiger partial charge in [-0.05, 0) is 61.5 Å². The van der Waals surface area contributed by atoms with Gasteiger partial charge in [-0.15, -0.1) is 22.7 Å². The van der Waals surface area contributed by atoms with Crippen LogP contribution in [0.2, 0.25) is 0 Å². The minimum absolute atomic E-state index is 0.162. The average molecular weight is 619 g/mol. The van der Waals surface area contributed by atoms with Gasteiger partial charge in [-0.3, -0.25) is 19.2 Å². The standard InChI is InChI=1S/C30H42N4O4S3/c1-3-5-17-7-9-19-21(15-17)40-29(25(19)27(31)37)33-23(35)11-13-39-14-12-24(36)34-30-26(28(32)38)20-10-8-18(6-4-2)16-22(20)41-30/h17-18H,3-16H2,1-2H3,(H2,31,37)(H2,32,38)(H,33,35)(H,34,36)/t17-,18+. The second kappa shape index (κ2) is 14.7. The van der Waals surface area contributed by atoms with Gasteiger partial charge in [0, 0.05) is 34.1 Å². The molecule has 0 aliphatic heterocycles. The Morgan fingerprint density at radius 3 is 1.54 bits per heavy atom. The minimum Gasteiger partial charge on any atom is -0.365 e. The molecule has 41 heavy (non-hydrogen) atoms. The molecule has 4 amide bonds. The van der Waals surface area contributed by atoms with Crippen molar-refractivity contribution in [1.29, 1.82) is 0 Å². The number of nitrogens with two attached hydrogens (primary N) is 2. The van der Waals surface area contributed by atoms with Crippen molar-refractivity contribution in [2.45, 2.75) is 90.9 Å². The van der Waals surface area contributed by atoms with Gasteiger partial charge in [0.2, 0.25) is 11.8 Å². The van der Waals surface area contributed by atoms with E-state index in [0.29, 0.717) is 44.5 Å². The summed E-state index contributed by atoms with van der Waals surface area (Å²) in [5.74, 6) is 1.04. The van der Waals surface area contributed by atoms with Crippen molar-refractivity contribution in [1.82, 2.24) is 0 Å². The molecule has 6 N–H and O–H groups in total. The lowest BCUT2D eigenvalue weighted by atomic mass is 9.84. The number of thiophene rings is 2. The van der Waals surface area contributed by atoms with Crippen molar-refractivity contribution in [2.24, 2.45) is 23.3 Å². The monoisotopic (exact) mass is 618 g/mol. The Morgan fingerprint density at radius 1 is 0.756 bits per heavy atom. The molecule has 2 aliphatic carbocycles. The zero-order valence-electron chi connectivity index (χ0n) is 24.1. The summed E-state index contributed by atoms with van der Waals surface area (Å²) in [4.78, 5) is 52.1. The fourth-order valence-electron chi connectivity index (χ4n) is 6.13. The Bertz CT molecular complexity index is 1190. The normalized spacial score (nSPS) is 17.9. The van der Waals surface area contributed by atoms with Gasteiger partial charge in [0.05, 0.1) is 11.1 Å². The fourth-order valence-corrected chi connectivity index (χ4v) is 9.76. The molecule has 0 unspecified atom stereocenters. The van der Waals surface area contributed by atoms with Crippen LogP contribution in [0.25, 0.3) is 0 Å². The fraction of sp³-hybridized carbons (Fsp3) is 0.600. The first kappa shape index (κ1) is 31.6.